The predicted octanol–water partition coefficient (Wildman–Crippen LogP) is 5.39. The van der Waals surface area contributed by atoms with Crippen LogP contribution in [0.25, 0.3) is 0 Å². The van der Waals surface area contributed by atoms with E-state index in [-0.39, 0.29) is 16.6 Å². The van der Waals surface area contributed by atoms with Crippen molar-refractivity contribution >= 4 is 46.2 Å². The van der Waals surface area contributed by atoms with Crippen LogP contribution in [0.15, 0.2) is 36.4 Å². The molecule has 0 aliphatic carbocycles. The first kappa shape index (κ1) is 19.5. The number of carbonyl (C=O) groups excluding carboxylic acids is 1. The van der Waals surface area contributed by atoms with Crippen molar-refractivity contribution in [3.8, 4) is 0 Å². The van der Waals surface area contributed by atoms with Crippen LogP contribution in [0.1, 0.15) is 30.1 Å². The van der Waals surface area contributed by atoms with Gasteiger partial charge in [-0.2, -0.15) is 0 Å². The Labute approximate surface area is 167 Å². The second kappa shape index (κ2) is 8.15. The third kappa shape index (κ3) is 4.51. The second-order valence-electron chi connectivity index (χ2n) is 6.71. The Hall–Kier alpha value is -2.31. The van der Waals surface area contributed by atoms with E-state index in [2.05, 4.69) is 12.2 Å². The van der Waals surface area contributed by atoms with Gasteiger partial charge in [0.1, 0.15) is 5.69 Å². The molecule has 0 unspecified atom stereocenters. The highest BCUT2D eigenvalue weighted by atomic mass is 35.5. The number of nitrogens with one attached hydrogen (secondary N) is 1. The predicted molar refractivity (Wildman–Crippen MR) is 108 cm³/mol. The molecule has 1 amide bonds. The Morgan fingerprint density at radius 3 is 2.41 bits per heavy atom. The highest BCUT2D eigenvalue weighted by Gasteiger charge is 2.25. The van der Waals surface area contributed by atoms with Gasteiger partial charge in [-0.25, -0.2) is 0 Å². The Bertz CT molecular complexity index is 863. The lowest BCUT2D eigenvalue weighted by Crippen LogP contribution is -2.33. The molecule has 8 heteroatoms. The lowest BCUT2D eigenvalue weighted by Gasteiger charge is -2.32. The highest BCUT2D eigenvalue weighted by molar-refractivity contribution is 6.34. The number of benzene rings is 2. The van der Waals surface area contributed by atoms with Crippen LogP contribution in [0.5, 0.6) is 0 Å². The quantitative estimate of drug-likeness (QED) is 0.544. The van der Waals surface area contributed by atoms with Crippen molar-refractivity contribution in [1.82, 2.24) is 0 Å². The molecule has 6 nitrogen and oxygen atoms in total. The van der Waals surface area contributed by atoms with Crippen LogP contribution in [0.4, 0.5) is 17.1 Å². The zero-order valence-electron chi connectivity index (χ0n) is 14.7. The van der Waals surface area contributed by atoms with Crippen molar-refractivity contribution in [2.45, 2.75) is 19.8 Å². The molecule has 2 aromatic carbocycles. The molecule has 1 aliphatic rings. The molecular weight excluding hydrogens is 389 g/mol. The third-order valence-electron chi connectivity index (χ3n) is 4.74. The van der Waals surface area contributed by atoms with E-state index in [1.165, 1.54) is 6.07 Å². The lowest BCUT2D eigenvalue weighted by atomic mass is 9.98. The van der Waals surface area contributed by atoms with Crippen LogP contribution >= 0.6 is 23.2 Å². The number of nitro groups is 1. The van der Waals surface area contributed by atoms with E-state index >= 15 is 0 Å². The van der Waals surface area contributed by atoms with Crippen molar-refractivity contribution in [3.63, 3.8) is 0 Å². The first-order chi connectivity index (χ1) is 12.8. The number of anilines is 2. The summed E-state index contributed by atoms with van der Waals surface area (Å²) in [4.78, 5) is 25.5. The van der Waals surface area contributed by atoms with Gasteiger partial charge in [0.25, 0.3) is 11.6 Å². The van der Waals surface area contributed by atoms with E-state index in [4.69, 9.17) is 23.2 Å². The van der Waals surface area contributed by atoms with Gasteiger partial charge in [-0.05, 0) is 49.1 Å². The molecule has 0 saturated carbocycles. The average molecular weight is 408 g/mol. The number of nitrogens with zero attached hydrogens (tertiary/aromatic N) is 2. The summed E-state index contributed by atoms with van der Waals surface area (Å²) in [7, 11) is 0. The van der Waals surface area contributed by atoms with Crippen LogP contribution in [-0.2, 0) is 0 Å². The number of amides is 1. The van der Waals surface area contributed by atoms with E-state index in [1.807, 2.05) is 4.90 Å². The summed E-state index contributed by atoms with van der Waals surface area (Å²) in [5.74, 6) is 0.234. The Kier molecular flexibility index (Phi) is 5.87. The van der Waals surface area contributed by atoms with E-state index in [9.17, 15) is 14.9 Å². The summed E-state index contributed by atoms with van der Waals surface area (Å²) >= 11 is 12.0. The van der Waals surface area contributed by atoms with Crippen LogP contribution in [0.2, 0.25) is 10.0 Å². The SMILES string of the molecule is CC1CCN(c2cc(NC(=O)c3ccc(Cl)cc3)c(Cl)cc2[N+](=O)[O-])CC1. The summed E-state index contributed by atoms with van der Waals surface area (Å²) in [6, 6.07) is 9.33. The van der Waals surface area contributed by atoms with Gasteiger partial charge in [-0.3, -0.25) is 14.9 Å². The molecule has 1 N–H and O–H groups in total. The number of piperidine rings is 1. The molecule has 2 aromatic rings. The number of hydrogen-bond acceptors (Lipinski definition) is 4. The molecule has 0 bridgehead atoms. The normalized spacial score (nSPS) is 14.9. The van der Waals surface area contributed by atoms with Crippen LogP contribution < -0.4 is 10.2 Å². The molecule has 3 rings (SSSR count). The average Bonchev–Trinajstić information content (AvgIpc) is 2.64. The minimum atomic E-state index is -0.440. The molecule has 0 radical (unpaired) electrons. The van der Waals surface area contributed by atoms with E-state index in [0.29, 0.717) is 27.9 Å². The summed E-state index contributed by atoms with van der Waals surface area (Å²) < 4.78 is 0. The van der Waals surface area contributed by atoms with Crippen molar-refractivity contribution in [3.05, 3.63) is 62.1 Å². The fourth-order valence-corrected chi connectivity index (χ4v) is 3.42. The summed E-state index contributed by atoms with van der Waals surface area (Å²) in [6.07, 6.45) is 1.93. The second-order valence-corrected chi connectivity index (χ2v) is 7.55. The van der Waals surface area contributed by atoms with Crippen molar-refractivity contribution in [2.24, 2.45) is 5.92 Å². The zero-order chi connectivity index (χ0) is 19.6. The van der Waals surface area contributed by atoms with Gasteiger partial charge < -0.3 is 10.2 Å². The third-order valence-corrected chi connectivity index (χ3v) is 5.30. The summed E-state index contributed by atoms with van der Waals surface area (Å²) in [5, 5.41) is 14.9. The van der Waals surface area contributed by atoms with Crippen LogP contribution in [0.3, 0.4) is 0 Å². The maximum Gasteiger partial charge on any atom is 0.294 e. The standard InChI is InChI=1S/C19H19Cl2N3O3/c1-12-6-8-23(9-7-12)17-11-16(15(21)10-18(17)24(26)27)22-19(25)13-2-4-14(20)5-3-13/h2-5,10-12H,6-9H2,1H3,(H,22,25). The van der Waals surface area contributed by atoms with E-state index in [0.717, 1.165) is 25.9 Å². The van der Waals surface area contributed by atoms with E-state index in [1.54, 1.807) is 30.3 Å². The molecule has 1 heterocycles. The number of nitro benzene ring substituents is 1. The fourth-order valence-electron chi connectivity index (χ4n) is 3.09. The molecule has 1 saturated heterocycles. The molecule has 1 aliphatic heterocycles. The highest BCUT2D eigenvalue weighted by Crippen LogP contribution is 2.38. The number of carbonyl (C=O) groups is 1. The molecule has 27 heavy (non-hydrogen) atoms. The van der Waals surface area contributed by atoms with E-state index < -0.39 is 4.92 Å². The Morgan fingerprint density at radius 1 is 1.19 bits per heavy atom. The Balaban J connectivity index is 1.91. The number of rotatable bonds is 4. The minimum Gasteiger partial charge on any atom is -0.366 e. The van der Waals surface area contributed by atoms with Crippen molar-refractivity contribution < 1.29 is 9.72 Å². The first-order valence-electron chi connectivity index (χ1n) is 8.65. The molecular formula is C19H19Cl2N3O3. The van der Waals surface area contributed by atoms with Crippen LogP contribution in [-0.4, -0.2) is 23.9 Å². The van der Waals surface area contributed by atoms with Gasteiger partial charge in [-0.1, -0.05) is 30.1 Å². The molecule has 0 atom stereocenters. The molecule has 1 fully saturated rings. The largest absolute Gasteiger partial charge is 0.366 e. The van der Waals surface area contributed by atoms with Gasteiger partial charge in [0.15, 0.2) is 0 Å². The summed E-state index contributed by atoms with van der Waals surface area (Å²) in [5.41, 5.74) is 1.18. The van der Waals surface area contributed by atoms with Gasteiger partial charge in [0, 0.05) is 29.7 Å². The zero-order valence-corrected chi connectivity index (χ0v) is 16.3. The van der Waals surface area contributed by atoms with Crippen molar-refractivity contribution in [1.29, 1.82) is 0 Å². The minimum absolute atomic E-state index is 0.0564. The van der Waals surface area contributed by atoms with Crippen LogP contribution in [0, 0.1) is 16.0 Å². The first-order valence-corrected chi connectivity index (χ1v) is 9.40. The monoisotopic (exact) mass is 407 g/mol. The van der Waals surface area contributed by atoms with Gasteiger partial charge in [-0.15, -0.1) is 0 Å². The van der Waals surface area contributed by atoms with Gasteiger partial charge in [0.05, 0.1) is 15.6 Å². The van der Waals surface area contributed by atoms with Crippen molar-refractivity contribution in [2.75, 3.05) is 23.3 Å². The van der Waals surface area contributed by atoms with Gasteiger partial charge >= 0.3 is 0 Å². The van der Waals surface area contributed by atoms with Gasteiger partial charge in [0.2, 0.25) is 0 Å². The molecule has 0 aromatic heterocycles. The summed E-state index contributed by atoms with van der Waals surface area (Å²) in [6.45, 7) is 3.63. The molecule has 0 spiro atoms. The topological polar surface area (TPSA) is 75.5 Å². The maximum absolute atomic E-state index is 12.5. The fraction of sp³-hybridized carbons (Fsp3) is 0.316. The molecule has 142 valence electrons. The Morgan fingerprint density at radius 2 is 1.81 bits per heavy atom. The maximum atomic E-state index is 12.5. The number of hydrogen-bond donors (Lipinski definition) is 1. The lowest BCUT2D eigenvalue weighted by molar-refractivity contribution is -0.384. The number of halogens is 2. The smallest absolute Gasteiger partial charge is 0.294 e.